The molecule has 0 unspecified atom stereocenters. The van der Waals surface area contributed by atoms with E-state index in [4.69, 9.17) is 0 Å². The van der Waals surface area contributed by atoms with Crippen LogP contribution in [0.3, 0.4) is 0 Å². The maximum Gasteiger partial charge on any atom is 0.107 e. The topological polar surface area (TPSA) is 24.9 Å². The van der Waals surface area contributed by atoms with Gasteiger partial charge in [0.1, 0.15) is 5.01 Å². The van der Waals surface area contributed by atoms with Crippen LogP contribution in [0, 0.1) is 0 Å². The molecule has 0 saturated carbocycles. The van der Waals surface area contributed by atoms with Crippen molar-refractivity contribution in [3.63, 3.8) is 0 Å². The molecule has 0 aliphatic heterocycles. The second kappa shape index (κ2) is 8.09. The fourth-order valence-corrected chi connectivity index (χ4v) is 2.75. The monoisotopic (exact) mass is 258 g/mol. The molecule has 0 bridgehead atoms. The lowest BCUT2D eigenvalue weighted by Crippen LogP contribution is -2.14. The van der Waals surface area contributed by atoms with Crippen LogP contribution in [-0.4, -0.2) is 23.5 Å². The van der Waals surface area contributed by atoms with Gasteiger partial charge in [-0.05, 0) is 37.3 Å². The van der Waals surface area contributed by atoms with Gasteiger partial charge in [0.05, 0.1) is 0 Å². The van der Waals surface area contributed by atoms with Crippen LogP contribution in [0.1, 0.15) is 42.5 Å². The van der Waals surface area contributed by atoms with E-state index in [-0.39, 0.29) is 0 Å². The Labute approximate surface area is 107 Å². The Hall–Kier alpha value is -0.0600. The number of nitrogens with zero attached hydrogens (tertiary/aromatic N) is 1. The van der Waals surface area contributed by atoms with Gasteiger partial charge in [0.25, 0.3) is 0 Å². The maximum absolute atomic E-state index is 4.42. The SMILES string of the molecule is CSCCCCNCc1ncc(C(C)C)s1. The first-order valence-electron chi connectivity index (χ1n) is 5.88. The zero-order valence-corrected chi connectivity index (χ0v) is 12.1. The Morgan fingerprint density at radius 1 is 1.44 bits per heavy atom. The molecular formula is C12H22N2S2. The standard InChI is InChI=1S/C12H22N2S2/c1-10(2)11-8-14-12(16-11)9-13-6-4-5-7-15-3/h8,10,13H,4-7,9H2,1-3H3. The van der Waals surface area contributed by atoms with Gasteiger partial charge in [0, 0.05) is 17.6 Å². The molecule has 4 heteroatoms. The first-order valence-corrected chi connectivity index (χ1v) is 8.09. The molecule has 2 nitrogen and oxygen atoms in total. The average molecular weight is 258 g/mol. The summed E-state index contributed by atoms with van der Waals surface area (Å²) in [5.41, 5.74) is 0. The summed E-state index contributed by atoms with van der Waals surface area (Å²) >= 11 is 3.76. The third kappa shape index (κ3) is 5.32. The second-order valence-electron chi connectivity index (χ2n) is 4.19. The molecule has 0 radical (unpaired) electrons. The minimum absolute atomic E-state index is 0.604. The maximum atomic E-state index is 4.42. The van der Waals surface area contributed by atoms with Crippen molar-refractivity contribution in [2.75, 3.05) is 18.6 Å². The van der Waals surface area contributed by atoms with Crippen LogP contribution in [0.2, 0.25) is 0 Å². The van der Waals surface area contributed by atoms with E-state index >= 15 is 0 Å². The normalized spacial score (nSPS) is 11.2. The zero-order chi connectivity index (χ0) is 11.8. The summed E-state index contributed by atoms with van der Waals surface area (Å²) in [4.78, 5) is 5.81. The minimum Gasteiger partial charge on any atom is -0.310 e. The van der Waals surface area contributed by atoms with Crippen molar-refractivity contribution in [2.45, 2.75) is 39.2 Å². The lowest BCUT2D eigenvalue weighted by atomic mass is 10.2. The van der Waals surface area contributed by atoms with Crippen LogP contribution in [0.4, 0.5) is 0 Å². The van der Waals surface area contributed by atoms with Crippen LogP contribution in [0.15, 0.2) is 6.20 Å². The van der Waals surface area contributed by atoms with Gasteiger partial charge in [0.15, 0.2) is 0 Å². The number of nitrogens with one attached hydrogen (secondary N) is 1. The van der Waals surface area contributed by atoms with Crippen molar-refractivity contribution in [2.24, 2.45) is 0 Å². The van der Waals surface area contributed by atoms with E-state index in [1.165, 1.54) is 28.5 Å². The van der Waals surface area contributed by atoms with Crippen LogP contribution in [0.5, 0.6) is 0 Å². The molecule has 92 valence electrons. The predicted octanol–water partition coefficient (Wildman–Crippen LogP) is 3.50. The van der Waals surface area contributed by atoms with E-state index in [9.17, 15) is 0 Å². The first-order chi connectivity index (χ1) is 7.74. The molecule has 0 fully saturated rings. The fourth-order valence-electron chi connectivity index (χ4n) is 1.36. The number of hydrogen-bond acceptors (Lipinski definition) is 4. The van der Waals surface area contributed by atoms with Gasteiger partial charge in [-0.1, -0.05) is 13.8 Å². The second-order valence-corrected chi connectivity index (χ2v) is 6.32. The lowest BCUT2D eigenvalue weighted by Gasteiger charge is -2.01. The van der Waals surface area contributed by atoms with Crippen molar-refractivity contribution in [1.29, 1.82) is 0 Å². The number of rotatable bonds is 8. The largest absolute Gasteiger partial charge is 0.310 e. The van der Waals surface area contributed by atoms with Crippen LogP contribution in [0.25, 0.3) is 0 Å². The summed E-state index contributed by atoms with van der Waals surface area (Å²) < 4.78 is 0. The van der Waals surface area contributed by atoms with Crippen LogP contribution in [-0.2, 0) is 6.54 Å². The quantitative estimate of drug-likeness (QED) is 0.722. The third-order valence-electron chi connectivity index (χ3n) is 2.37. The van der Waals surface area contributed by atoms with Crippen molar-refractivity contribution >= 4 is 23.1 Å². The highest BCUT2D eigenvalue weighted by atomic mass is 32.2. The summed E-state index contributed by atoms with van der Waals surface area (Å²) in [6.45, 7) is 6.47. The Morgan fingerprint density at radius 2 is 2.25 bits per heavy atom. The highest BCUT2D eigenvalue weighted by Crippen LogP contribution is 2.21. The van der Waals surface area contributed by atoms with Gasteiger partial charge < -0.3 is 5.32 Å². The van der Waals surface area contributed by atoms with Gasteiger partial charge in [-0.15, -0.1) is 11.3 Å². The number of thiazole rings is 1. The summed E-state index contributed by atoms with van der Waals surface area (Å²) in [5.74, 6) is 1.88. The summed E-state index contributed by atoms with van der Waals surface area (Å²) in [6.07, 6.45) is 6.75. The van der Waals surface area contributed by atoms with E-state index in [1.54, 1.807) is 0 Å². The zero-order valence-electron chi connectivity index (χ0n) is 10.5. The minimum atomic E-state index is 0.604. The Morgan fingerprint density at radius 3 is 2.88 bits per heavy atom. The molecule has 1 N–H and O–H groups in total. The van der Waals surface area contributed by atoms with E-state index in [0.717, 1.165) is 13.1 Å². The Bertz CT molecular complexity index is 284. The van der Waals surface area contributed by atoms with Gasteiger partial charge in [-0.2, -0.15) is 11.8 Å². The molecule has 1 rings (SSSR count). The fraction of sp³-hybridized carbons (Fsp3) is 0.750. The molecule has 0 amide bonds. The third-order valence-corrected chi connectivity index (χ3v) is 4.36. The van der Waals surface area contributed by atoms with Crippen LogP contribution < -0.4 is 5.32 Å². The Kier molecular flexibility index (Phi) is 7.08. The molecule has 0 aromatic carbocycles. The van der Waals surface area contributed by atoms with Gasteiger partial charge in [-0.25, -0.2) is 4.98 Å². The molecule has 0 saturated heterocycles. The van der Waals surface area contributed by atoms with Gasteiger partial charge in [-0.3, -0.25) is 0 Å². The molecule has 1 aromatic rings. The van der Waals surface area contributed by atoms with Gasteiger partial charge in [0.2, 0.25) is 0 Å². The molecule has 0 aliphatic rings. The van der Waals surface area contributed by atoms with E-state index < -0.39 is 0 Å². The van der Waals surface area contributed by atoms with Crippen molar-refractivity contribution in [3.8, 4) is 0 Å². The molecule has 16 heavy (non-hydrogen) atoms. The van der Waals surface area contributed by atoms with Gasteiger partial charge >= 0.3 is 0 Å². The number of hydrogen-bond donors (Lipinski definition) is 1. The Balaban J connectivity index is 2.12. The van der Waals surface area contributed by atoms with Crippen molar-refractivity contribution < 1.29 is 0 Å². The average Bonchev–Trinajstić information content (AvgIpc) is 2.72. The van der Waals surface area contributed by atoms with Crippen molar-refractivity contribution in [3.05, 3.63) is 16.1 Å². The molecule has 0 aliphatic carbocycles. The predicted molar refractivity (Wildman–Crippen MR) is 75.5 cm³/mol. The number of unbranched alkanes of at least 4 members (excludes halogenated alkanes) is 1. The molecule has 0 spiro atoms. The van der Waals surface area contributed by atoms with Crippen molar-refractivity contribution in [1.82, 2.24) is 10.3 Å². The smallest absolute Gasteiger partial charge is 0.107 e. The van der Waals surface area contributed by atoms with E-state index in [0.29, 0.717) is 5.92 Å². The highest BCUT2D eigenvalue weighted by molar-refractivity contribution is 7.98. The van der Waals surface area contributed by atoms with E-state index in [2.05, 4.69) is 30.4 Å². The molecule has 1 heterocycles. The lowest BCUT2D eigenvalue weighted by molar-refractivity contribution is 0.642. The molecule has 0 atom stereocenters. The van der Waals surface area contributed by atoms with Crippen LogP contribution >= 0.6 is 23.1 Å². The highest BCUT2D eigenvalue weighted by Gasteiger charge is 2.04. The summed E-state index contributed by atoms with van der Waals surface area (Å²) in [6, 6.07) is 0. The molecule has 1 aromatic heterocycles. The summed E-state index contributed by atoms with van der Waals surface area (Å²) in [7, 11) is 0. The number of thioether (sulfide) groups is 1. The molecular weight excluding hydrogens is 236 g/mol. The number of aromatic nitrogens is 1. The summed E-state index contributed by atoms with van der Waals surface area (Å²) in [5, 5.41) is 4.67. The van der Waals surface area contributed by atoms with E-state index in [1.807, 2.05) is 29.3 Å². The first kappa shape index (κ1) is 14.0.